The van der Waals surface area contributed by atoms with Crippen LogP contribution in [-0.4, -0.2) is 57.2 Å². The Hall–Kier alpha value is -2.17. The summed E-state index contributed by atoms with van der Waals surface area (Å²) in [5, 5.41) is 0. The van der Waals surface area contributed by atoms with E-state index in [0.29, 0.717) is 12.5 Å². The Morgan fingerprint density at radius 2 is 1.75 bits per heavy atom. The molecule has 0 N–H and O–H groups in total. The molecule has 32 heavy (non-hydrogen) atoms. The highest BCUT2D eigenvalue weighted by molar-refractivity contribution is 5.72. The van der Waals surface area contributed by atoms with Crippen LogP contribution in [0.3, 0.4) is 0 Å². The summed E-state index contributed by atoms with van der Waals surface area (Å²) >= 11 is 0. The molecule has 0 bridgehead atoms. The first-order valence-corrected chi connectivity index (χ1v) is 11.8. The van der Waals surface area contributed by atoms with Crippen molar-refractivity contribution in [1.82, 2.24) is 9.80 Å². The molecule has 1 aliphatic carbocycles. The molecule has 0 amide bonds. The van der Waals surface area contributed by atoms with Crippen LogP contribution < -0.4 is 4.74 Å². The third kappa shape index (κ3) is 7.18. The number of allylic oxidation sites excluding steroid dienone is 1. The third-order valence-electron chi connectivity index (χ3n) is 6.35. The zero-order chi connectivity index (χ0) is 23.1. The number of likely N-dealkylation sites (N-methyl/N-ethyl adjacent to an activating group) is 1. The van der Waals surface area contributed by atoms with Gasteiger partial charge in [0.15, 0.2) is 0 Å². The lowest BCUT2D eigenvalue weighted by atomic mass is 9.86. The van der Waals surface area contributed by atoms with Crippen LogP contribution in [0, 0.1) is 11.7 Å². The molecule has 0 radical (unpaired) electrons. The summed E-state index contributed by atoms with van der Waals surface area (Å²) in [7, 11) is 6.50. The quantitative estimate of drug-likeness (QED) is 0.448. The lowest BCUT2D eigenvalue weighted by molar-refractivity contribution is 0.259. The molecular weight excluding hydrogens is 399 g/mol. The molecular formula is C28H39FN2O. The summed E-state index contributed by atoms with van der Waals surface area (Å²) in [6, 6.07) is 13.3. The second-order valence-corrected chi connectivity index (χ2v) is 9.69. The van der Waals surface area contributed by atoms with E-state index in [9.17, 15) is 4.39 Å². The van der Waals surface area contributed by atoms with E-state index < -0.39 is 0 Å². The highest BCUT2D eigenvalue weighted by Gasteiger charge is 2.18. The van der Waals surface area contributed by atoms with Gasteiger partial charge in [-0.2, -0.15) is 0 Å². The Kier molecular flexibility index (Phi) is 8.89. The maximum atomic E-state index is 13.1. The maximum absolute atomic E-state index is 13.1. The minimum Gasteiger partial charge on any atom is -0.493 e. The molecule has 0 saturated heterocycles. The number of fused-ring (bicyclic) bond motifs is 1. The van der Waals surface area contributed by atoms with Crippen molar-refractivity contribution in [3.63, 3.8) is 0 Å². The van der Waals surface area contributed by atoms with Gasteiger partial charge in [0, 0.05) is 6.54 Å². The number of hydrogen-bond acceptors (Lipinski definition) is 3. The average Bonchev–Trinajstić information content (AvgIpc) is 2.75. The summed E-state index contributed by atoms with van der Waals surface area (Å²) < 4.78 is 19.2. The molecule has 0 heterocycles. The first-order valence-electron chi connectivity index (χ1n) is 11.8. The predicted octanol–water partition coefficient (Wildman–Crippen LogP) is 5.69. The maximum Gasteiger partial charge on any atom is 0.123 e. The van der Waals surface area contributed by atoms with Crippen molar-refractivity contribution in [2.24, 2.45) is 5.92 Å². The molecule has 3 nitrogen and oxygen atoms in total. The minimum absolute atomic E-state index is 0.185. The number of nitrogens with zero attached hydrogens (tertiary/aromatic N) is 2. The van der Waals surface area contributed by atoms with E-state index in [4.69, 9.17) is 4.74 Å². The van der Waals surface area contributed by atoms with Crippen LogP contribution in [0.1, 0.15) is 43.4 Å². The van der Waals surface area contributed by atoms with Gasteiger partial charge in [0.1, 0.15) is 11.6 Å². The third-order valence-corrected chi connectivity index (χ3v) is 6.35. The van der Waals surface area contributed by atoms with E-state index in [0.717, 1.165) is 50.2 Å². The van der Waals surface area contributed by atoms with Gasteiger partial charge in [0.2, 0.25) is 0 Å². The van der Waals surface area contributed by atoms with Gasteiger partial charge in [-0.3, -0.25) is 0 Å². The zero-order valence-corrected chi connectivity index (χ0v) is 20.5. The fourth-order valence-corrected chi connectivity index (χ4v) is 4.48. The van der Waals surface area contributed by atoms with Crippen LogP contribution in [0.15, 0.2) is 48.0 Å². The fourth-order valence-electron chi connectivity index (χ4n) is 4.48. The number of benzene rings is 2. The lowest BCUT2D eigenvalue weighted by Gasteiger charge is -2.26. The van der Waals surface area contributed by atoms with Gasteiger partial charge in [-0.25, -0.2) is 4.39 Å². The van der Waals surface area contributed by atoms with E-state index >= 15 is 0 Å². The molecule has 0 spiro atoms. The van der Waals surface area contributed by atoms with Gasteiger partial charge in [-0.15, -0.1) is 0 Å². The van der Waals surface area contributed by atoms with Gasteiger partial charge in [-0.05, 0) is 119 Å². The molecule has 174 valence electrons. The normalized spacial score (nSPS) is 14.8. The molecule has 1 atom stereocenters. The smallest absolute Gasteiger partial charge is 0.123 e. The van der Waals surface area contributed by atoms with Crippen molar-refractivity contribution in [2.75, 3.05) is 47.4 Å². The Morgan fingerprint density at radius 1 is 1.00 bits per heavy atom. The number of aryl methyl sites for hydroxylation is 1. The molecule has 2 aromatic carbocycles. The Morgan fingerprint density at radius 3 is 2.47 bits per heavy atom. The van der Waals surface area contributed by atoms with Crippen molar-refractivity contribution in [1.29, 1.82) is 0 Å². The largest absolute Gasteiger partial charge is 0.493 e. The molecule has 0 aromatic heterocycles. The number of halogens is 1. The van der Waals surface area contributed by atoms with Gasteiger partial charge < -0.3 is 14.5 Å². The molecule has 1 aliphatic rings. The van der Waals surface area contributed by atoms with E-state index in [-0.39, 0.29) is 5.82 Å². The van der Waals surface area contributed by atoms with Crippen molar-refractivity contribution in [3.05, 3.63) is 70.5 Å². The average molecular weight is 439 g/mol. The van der Waals surface area contributed by atoms with Gasteiger partial charge in [-0.1, -0.05) is 30.7 Å². The van der Waals surface area contributed by atoms with Crippen LogP contribution in [0.5, 0.6) is 5.75 Å². The summed E-state index contributed by atoms with van der Waals surface area (Å²) in [5.74, 6) is 1.13. The molecule has 0 fully saturated rings. The van der Waals surface area contributed by atoms with Crippen LogP contribution in [0.25, 0.3) is 5.57 Å². The molecule has 2 aromatic rings. The van der Waals surface area contributed by atoms with E-state index in [1.54, 1.807) is 5.57 Å². The van der Waals surface area contributed by atoms with E-state index in [1.807, 2.05) is 12.1 Å². The van der Waals surface area contributed by atoms with Crippen LogP contribution >= 0.6 is 0 Å². The summed E-state index contributed by atoms with van der Waals surface area (Å²) in [6.07, 6.45) is 4.29. The highest BCUT2D eigenvalue weighted by atomic mass is 19.1. The van der Waals surface area contributed by atoms with Crippen LogP contribution in [0.4, 0.5) is 4.39 Å². The van der Waals surface area contributed by atoms with Crippen molar-refractivity contribution < 1.29 is 9.13 Å². The first kappa shape index (κ1) is 24.5. The second kappa shape index (κ2) is 11.6. The topological polar surface area (TPSA) is 15.7 Å². The van der Waals surface area contributed by atoms with Gasteiger partial charge >= 0.3 is 0 Å². The van der Waals surface area contributed by atoms with Crippen LogP contribution in [0.2, 0.25) is 0 Å². The van der Waals surface area contributed by atoms with Crippen molar-refractivity contribution in [3.8, 4) is 5.75 Å². The molecule has 4 heteroatoms. The number of rotatable bonds is 11. The summed E-state index contributed by atoms with van der Waals surface area (Å²) in [4.78, 5) is 4.70. The van der Waals surface area contributed by atoms with Gasteiger partial charge in [0.25, 0.3) is 0 Å². The number of ether oxygens (including phenoxy) is 1. The molecule has 0 unspecified atom stereocenters. The first-order chi connectivity index (χ1) is 15.3. The van der Waals surface area contributed by atoms with E-state index in [1.165, 1.54) is 35.3 Å². The van der Waals surface area contributed by atoms with Crippen LogP contribution in [-0.2, 0) is 12.8 Å². The number of hydrogen-bond donors (Lipinski definition) is 0. The van der Waals surface area contributed by atoms with E-state index in [2.05, 4.69) is 63.0 Å². The standard InChI is InChI=1S/C28H39FN2O/c1-21(17-23-7-11-26(29)12-8-23)20-32-27-13-14-28-22(2)25(10-9-24(28)18-27)19-31(5)16-6-15-30(3)4/h7-8,11-14,18,21H,6,9-10,15-17,19-20H2,1-5H3/t21-/m1/s1. The molecule has 0 aliphatic heterocycles. The molecule has 3 rings (SSSR count). The Labute approximate surface area is 193 Å². The van der Waals surface area contributed by atoms with Crippen molar-refractivity contribution in [2.45, 2.75) is 39.5 Å². The second-order valence-electron chi connectivity index (χ2n) is 9.69. The van der Waals surface area contributed by atoms with Crippen molar-refractivity contribution >= 4 is 5.57 Å². The lowest BCUT2D eigenvalue weighted by Crippen LogP contribution is -2.26. The fraction of sp³-hybridized carbons (Fsp3) is 0.500. The highest BCUT2D eigenvalue weighted by Crippen LogP contribution is 2.33. The monoisotopic (exact) mass is 438 g/mol. The molecule has 0 saturated carbocycles. The summed E-state index contributed by atoms with van der Waals surface area (Å²) in [5.41, 5.74) is 6.91. The zero-order valence-electron chi connectivity index (χ0n) is 20.5. The Bertz CT molecular complexity index is 904. The van der Waals surface area contributed by atoms with Gasteiger partial charge in [0.05, 0.1) is 6.61 Å². The minimum atomic E-state index is -0.185. The predicted molar refractivity (Wildman–Crippen MR) is 133 cm³/mol. The SMILES string of the molecule is CC1=C(CN(C)CCCN(C)C)CCc2cc(OC[C@H](C)Cc3ccc(F)cc3)ccc21. The Balaban J connectivity index is 1.54. The summed E-state index contributed by atoms with van der Waals surface area (Å²) in [6.45, 7) is 8.43.